The summed E-state index contributed by atoms with van der Waals surface area (Å²) in [5.41, 5.74) is 4.86. The van der Waals surface area contributed by atoms with Crippen molar-refractivity contribution in [3.05, 3.63) is 48.5 Å². The van der Waals surface area contributed by atoms with Crippen LogP contribution in [0.5, 0.6) is 0 Å². The van der Waals surface area contributed by atoms with Crippen LogP contribution >= 0.6 is 0 Å². The Kier molecular flexibility index (Phi) is 3.79. The van der Waals surface area contributed by atoms with Gasteiger partial charge in [0.1, 0.15) is 0 Å². The molecule has 2 nitrogen and oxygen atoms in total. The smallest absolute Gasteiger partial charge is 0.0344 e. The fourth-order valence-corrected chi connectivity index (χ4v) is 2.01. The predicted molar refractivity (Wildman–Crippen MR) is 84.8 cm³/mol. The summed E-state index contributed by atoms with van der Waals surface area (Å²) >= 11 is 0. The summed E-state index contributed by atoms with van der Waals surface area (Å²) in [4.78, 5) is 0. The lowest BCUT2D eigenvalue weighted by Crippen LogP contribution is -2.25. The second-order valence-corrected chi connectivity index (χ2v) is 5.78. The molecule has 100 valence electrons. The minimum Gasteiger partial charge on any atom is -0.388 e. The molecule has 2 rings (SSSR count). The Morgan fingerprint density at radius 3 is 1.47 bits per heavy atom. The molecule has 2 aromatic carbocycles. The van der Waals surface area contributed by atoms with E-state index in [-0.39, 0.29) is 5.54 Å². The Balaban J connectivity index is 2.17. The quantitative estimate of drug-likeness (QED) is 0.836. The Labute approximate surface area is 115 Å². The monoisotopic (exact) mass is 254 g/mol. The molecule has 0 amide bonds. The van der Waals surface area contributed by atoms with Gasteiger partial charge in [-0.25, -0.2) is 0 Å². The highest BCUT2D eigenvalue weighted by molar-refractivity contribution is 5.68. The maximum absolute atomic E-state index is 3.47. The van der Waals surface area contributed by atoms with Crippen LogP contribution in [0.3, 0.4) is 0 Å². The molecule has 0 aromatic heterocycles. The van der Waals surface area contributed by atoms with E-state index in [1.54, 1.807) is 0 Å². The van der Waals surface area contributed by atoms with Gasteiger partial charge in [0.15, 0.2) is 0 Å². The highest BCUT2D eigenvalue weighted by Crippen LogP contribution is 2.24. The van der Waals surface area contributed by atoms with Crippen molar-refractivity contribution in [1.29, 1.82) is 0 Å². The van der Waals surface area contributed by atoms with Crippen molar-refractivity contribution in [3.63, 3.8) is 0 Å². The molecule has 0 bridgehead atoms. The highest BCUT2D eigenvalue weighted by Gasteiger charge is 2.08. The van der Waals surface area contributed by atoms with Crippen LogP contribution in [0, 0.1) is 0 Å². The van der Waals surface area contributed by atoms with E-state index in [2.05, 4.69) is 79.9 Å². The number of hydrogen-bond donors (Lipinski definition) is 2. The van der Waals surface area contributed by atoms with Crippen molar-refractivity contribution in [2.75, 3.05) is 17.7 Å². The minimum absolute atomic E-state index is 0.0932. The van der Waals surface area contributed by atoms with Gasteiger partial charge in [0.25, 0.3) is 0 Å². The normalized spacial score (nSPS) is 11.2. The molecule has 0 saturated heterocycles. The first kappa shape index (κ1) is 13.5. The molecule has 0 fully saturated rings. The zero-order chi connectivity index (χ0) is 13.9. The lowest BCUT2D eigenvalue weighted by Gasteiger charge is -2.22. The van der Waals surface area contributed by atoms with E-state index >= 15 is 0 Å². The van der Waals surface area contributed by atoms with Crippen molar-refractivity contribution in [2.24, 2.45) is 0 Å². The molecule has 0 spiro atoms. The molecule has 0 atom stereocenters. The van der Waals surface area contributed by atoms with Gasteiger partial charge in [0.2, 0.25) is 0 Å². The molecular formula is C17H22N2. The summed E-state index contributed by atoms with van der Waals surface area (Å²) in [5, 5.41) is 6.60. The maximum atomic E-state index is 3.47. The first-order valence-electron chi connectivity index (χ1n) is 6.64. The predicted octanol–water partition coefficient (Wildman–Crippen LogP) is 4.61. The molecular weight excluding hydrogens is 232 g/mol. The molecule has 19 heavy (non-hydrogen) atoms. The van der Waals surface area contributed by atoms with Crippen molar-refractivity contribution >= 4 is 11.4 Å². The molecule has 0 aliphatic carbocycles. The van der Waals surface area contributed by atoms with Crippen LogP contribution in [0.2, 0.25) is 0 Å². The minimum atomic E-state index is 0.0932. The van der Waals surface area contributed by atoms with Crippen molar-refractivity contribution in [3.8, 4) is 11.1 Å². The van der Waals surface area contributed by atoms with Gasteiger partial charge in [-0.3, -0.25) is 0 Å². The zero-order valence-corrected chi connectivity index (χ0v) is 12.1. The Morgan fingerprint density at radius 2 is 1.11 bits per heavy atom. The highest BCUT2D eigenvalue weighted by atomic mass is 14.9. The van der Waals surface area contributed by atoms with Gasteiger partial charge < -0.3 is 10.6 Å². The van der Waals surface area contributed by atoms with Gasteiger partial charge in [-0.05, 0) is 56.2 Å². The Hall–Kier alpha value is -1.96. The molecule has 0 aliphatic rings. The van der Waals surface area contributed by atoms with Crippen LogP contribution < -0.4 is 10.6 Å². The van der Waals surface area contributed by atoms with E-state index in [9.17, 15) is 0 Å². The van der Waals surface area contributed by atoms with Crippen molar-refractivity contribution in [2.45, 2.75) is 26.3 Å². The largest absolute Gasteiger partial charge is 0.388 e. The summed E-state index contributed by atoms with van der Waals surface area (Å²) in [7, 11) is 1.93. The van der Waals surface area contributed by atoms with Crippen LogP contribution in [0.4, 0.5) is 11.4 Å². The molecule has 0 saturated carbocycles. The van der Waals surface area contributed by atoms with Gasteiger partial charge in [-0.1, -0.05) is 24.3 Å². The van der Waals surface area contributed by atoms with Gasteiger partial charge in [0, 0.05) is 24.0 Å². The molecule has 2 N–H and O–H groups in total. The van der Waals surface area contributed by atoms with E-state index < -0.39 is 0 Å². The number of rotatable bonds is 3. The van der Waals surface area contributed by atoms with Crippen LogP contribution in [0.1, 0.15) is 20.8 Å². The van der Waals surface area contributed by atoms with Gasteiger partial charge in [-0.2, -0.15) is 0 Å². The lowest BCUT2D eigenvalue weighted by molar-refractivity contribution is 0.634. The Morgan fingerprint density at radius 1 is 0.684 bits per heavy atom. The molecule has 0 unspecified atom stereocenters. The summed E-state index contributed by atoms with van der Waals surface area (Å²) < 4.78 is 0. The van der Waals surface area contributed by atoms with Crippen LogP contribution in [-0.2, 0) is 0 Å². The van der Waals surface area contributed by atoms with E-state index in [0.717, 1.165) is 11.4 Å². The topological polar surface area (TPSA) is 24.1 Å². The third-order valence-corrected chi connectivity index (χ3v) is 2.91. The first-order valence-corrected chi connectivity index (χ1v) is 6.64. The first-order chi connectivity index (χ1) is 8.98. The van der Waals surface area contributed by atoms with Gasteiger partial charge in [-0.15, -0.1) is 0 Å². The fourth-order valence-electron chi connectivity index (χ4n) is 2.01. The average molecular weight is 254 g/mol. The summed E-state index contributed by atoms with van der Waals surface area (Å²) in [5.74, 6) is 0. The second kappa shape index (κ2) is 5.35. The molecule has 2 aromatic rings. The van der Waals surface area contributed by atoms with Crippen LogP contribution in [0.25, 0.3) is 11.1 Å². The van der Waals surface area contributed by atoms with Crippen LogP contribution in [0.15, 0.2) is 48.5 Å². The standard InChI is InChI=1S/C17H22N2/c1-17(2,3)19-16-11-7-14(8-12-16)13-5-9-15(18-4)10-6-13/h5-12,18-19H,1-4H3. The number of benzene rings is 2. The van der Waals surface area contributed by atoms with Crippen molar-refractivity contribution < 1.29 is 0 Å². The number of hydrogen-bond acceptors (Lipinski definition) is 2. The lowest BCUT2D eigenvalue weighted by atomic mass is 10.0. The van der Waals surface area contributed by atoms with E-state index in [4.69, 9.17) is 0 Å². The molecule has 0 aliphatic heterocycles. The number of anilines is 2. The SMILES string of the molecule is CNc1ccc(-c2ccc(NC(C)(C)C)cc2)cc1. The number of nitrogens with one attached hydrogen (secondary N) is 2. The third-order valence-electron chi connectivity index (χ3n) is 2.91. The fraction of sp³-hybridized carbons (Fsp3) is 0.294. The molecule has 0 heterocycles. The molecule has 2 heteroatoms. The van der Waals surface area contributed by atoms with Crippen LogP contribution in [-0.4, -0.2) is 12.6 Å². The summed E-state index contributed by atoms with van der Waals surface area (Å²) in [6, 6.07) is 17.0. The third kappa shape index (κ3) is 3.75. The van der Waals surface area contributed by atoms with E-state index in [1.807, 2.05) is 7.05 Å². The second-order valence-electron chi connectivity index (χ2n) is 5.78. The van der Waals surface area contributed by atoms with Gasteiger partial charge in [0.05, 0.1) is 0 Å². The van der Waals surface area contributed by atoms with E-state index in [0.29, 0.717) is 0 Å². The molecule has 0 radical (unpaired) electrons. The summed E-state index contributed by atoms with van der Waals surface area (Å²) in [6.45, 7) is 6.49. The maximum Gasteiger partial charge on any atom is 0.0344 e. The summed E-state index contributed by atoms with van der Waals surface area (Å²) in [6.07, 6.45) is 0. The average Bonchev–Trinajstić information content (AvgIpc) is 2.38. The van der Waals surface area contributed by atoms with Crippen molar-refractivity contribution in [1.82, 2.24) is 0 Å². The van der Waals surface area contributed by atoms with E-state index in [1.165, 1.54) is 11.1 Å². The Bertz CT molecular complexity index is 519. The zero-order valence-electron chi connectivity index (χ0n) is 12.1. The van der Waals surface area contributed by atoms with Gasteiger partial charge >= 0.3 is 0 Å².